The fourth-order valence-electron chi connectivity index (χ4n) is 3.92. The molecule has 1 N–H and O–H groups in total. The molecule has 2 heterocycles. The van der Waals surface area contributed by atoms with E-state index in [4.69, 9.17) is 18.6 Å². The molecule has 0 radical (unpaired) electrons. The van der Waals surface area contributed by atoms with Gasteiger partial charge in [0.1, 0.15) is 22.5 Å². The summed E-state index contributed by atoms with van der Waals surface area (Å²) in [5.74, 6) is 0.174. The molecular weight excluding hydrogens is 412 g/mol. The Morgan fingerprint density at radius 2 is 1.75 bits per heavy atom. The Bertz CT molecular complexity index is 1160. The summed E-state index contributed by atoms with van der Waals surface area (Å²) >= 11 is 0. The van der Waals surface area contributed by atoms with Gasteiger partial charge in [-0.1, -0.05) is 0 Å². The van der Waals surface area contributed by atoms with Gasteiger partial charge in [0.15, 0.2) is 11.2 Å². The highest BCUT2D eigenvalue weighted by Crippen LogP contribution is 2.29. The molecule has 1 aliphatic heterocycles. The summed E-state index contributed by atoms with van der Waals surface area (Å²) in [7, 11) is 4.71. The molecule has 0 atom stereocenters. The standard InChI is InChI=1S/C24H26N2O6/c1-29-17-8-10-26(11-9-17)16-6-4-15(5-7-16)25-24(28)22-14-19(27)23-20(31-3)12-18(30-2)13-21(23)32-22/h4-7,12-14,17H,8-11H2,1-3H3,(H,25,28). The van der Waals surface area contributed by atoms with Crippen LogP contribution in [0.2, 0.25) is 0 Å². The van der Waals surface area contributed by atoms with Crippen LogP contribution in [0.1, 0.15) is 23.4 Å². The average Bonchev–Trinajstić information content (AvgIpc) is 2.83. The highest BCUT2D eigenvalue weighted by atomic mass is 16.5. The number of fused-ring (bicyclic) bond motifs is 1. The van der Waals surface area contributed by atoms with Crippen molar-refractivity contribution in [1.29, 1.82) is 0 Å². The van der Waals surface area contributed by atoms with Gasteiger partial charge in [0, 0.05) is 49.8 Å². The topological polar surface area (TPSA) is 90.2 Å². The molecule has 4 rings (SSSR count). The first-order valence-corrected chi connectivity index (χ1v) is 10.4. The van der Waals surface area contributed by atoms with Crippen molar-refractivity contribution < 1.29 is 23.4 Å². The third kappa shape index (κ3) is 4.40. The summed E-state index contributed by atoms with van der Waals surface area (Å²) in [5.41, 5.74) is 1.55. The number of methoxy groups -OCH3 is 3. The minimum atomic E-state index is -0.514. The van der Waals surface area contributed by atoms with E-state index in [-0.39, 0.29) is 22.2 Å². The highest BCUT2D eigenvalue weighted by molar-refractivity contribution is 6.03. The van der Waals surface area contributed by atoms with Gasteiger partial charge in [-0.2, -0.15) is 0 Å². The number of rotatable bonds is 6. The van der Waals surface area contributed by atoms with E-state index in [0.29, 0.717) is 23.3 Å². The molecule has 1 fully saturated rings. The first-order valence-electron chi connectivity index (χ1n) is 10.4. The SMILES string of the molecule is COc1cc(OC)c2c(=O)cc(C(=O)Nc3ccc(N4CCC(OC)CC4)cc3)oc2c1. The van der Waals surface area contributed by atoms with E-state index in [1.165, 1.54) is 20.3 Å². The minimum Gasteiger partial charge on any atom is -0.496 e. The van der Waals surface area contributed by atoms with E-state index in [9.17, 15) is 9.59 Å². The number of carbonyl (C=O) groups excluding carboxylic acids is 1. The second-order valence-corrected chi connectivity index (χ2v) is 7.60. The van der Waals surface area contributed by atoms with E-state index in [0.717, 1.165) is 31.6 Å². The van der Waals surface area contributed by atoms with Crippen LogP contribution in [0.3, 0.4) is 0 Å². The molecule has 8 nitrogen and oxygen atoms in total. The lowest BCUT2D eigenvalue weighted by molar-refractivity contribution is 0.0819. The Labute approximate surface area is 185 Å². The molecular formula is C24H26N2O6. The van der Waals surface area contributed by atoms with Gasteiger partial charge in [-0.3, -0.25) is 9.59 Å². The normalized spacial score (nSPS) is 14.4. The third-order valence-corrected chi connectivity index (χ3v) is 5.71. The van der Waals surface area contributed by atoms with Crippen molar-refractivity contribution in [2.24, 2.45) is 0 Å². The first kappa shape index (κ1) is 21.7. The minimum absolute atomic E-state index is 0.0940. The molecule has 0 unspecified atom stereocenters. The molecule has 3 aromatic rings. The third-order valence-electron chi connectivity index (χ3n) is 5.71. The van der Waals surface area contributed by atoms with Crippen molar-refractivity contribution in [3.63, 3.8) is 0 Å². The number of ether oxygens (including phenoxy) is 3. The Balaban J connectivity index is 1.52. The zero-order valence-electron chi connectivity index (χ0n) is 18.3. The van der Waals surface area contributed by atoms with E-state index in [1.54, 1.807) is 19.2 Å². The number of amides is 1. The van der Waals surface area contributed by atoms with Gasteiger partial charge in [0.25, 0.3) is 5.91 Å². The number of hydrogen-bond donors (Lipinski definition) is 1. The van der Waals surface area contributed by atoms with Crippen LogP contribution in [0.5, 0.6) is 11.5 Å². The maximum absolute atomic E-state index is 12.7. The van der Waals surface area contributed by atoms with Gasteiger partial charge >= 0.3 is 0 Å². The van der Waals surface area contributed by atoms with Crippen molar-refractivity contribution >= 4 is 28.3 Å². The average molecular weight is 438 g/mol. The summed E-state index contributed by atoms with van der Waals surface area (Å²) in [5, 5.41) is 3.04. The smallest absolute Gasteiger partial charge is 0.291 e. The molecule has 0 spiro atoms. The van der Waals surface area contributed by atoms with Crippen molar-refractivity contribution in [3.05, 3.63) is 58.4 Å². The number of benzene rings is 2. The summed E-state index contributed by atoms with van der Waals surface area (Å²) in [6.07, 6.45) is 2.30. The lowest BCUT2D eigenvalue weighted by Gasteiger charge is -2.33. The van der Waals surface area contributed by atoms with Crippen molar-refractivity contribution in [2.45, 2.75) is 18.9 Å². The summed E-state index contributed by atoms with van der Waals surface area (Å²) in [4.78, 5) is 27.7. The van der Waals surface area contributed by atoms with Crippen LogP contribution >= 0.6 is 0 Å². The van der Waals surface area contributed by atoms with Crippen molar-refractivity contribution in [1.82, 2.24) is 0 Å². The molecule has 0 aliphatic carbocycles. The van der Waals surface area contributed by atoms with Crippen LogP contribution in [0, 0.1) is 0 Å². The van der Waals surface area contributed by atoms with Crippen LogP contribution in [-0.4, -0.2) is 46.4 Å². The lowest BCUT2D eigenvalue weighted by atomic mass is 10.1. The van der Waals surface area contributed by atoms with Crippen molar-refractivity contribution in [3.8, 4) is 11.5 Å². The van der Waals surface area contributed by atoms with Crippen LogP contribution < -0.4 is 25.1 Å². The first-order chi connectivity index (χ1) is 15.5. The zero-order chi connectivity index (χ0) is 22.7. The number of nitrogens with zero attached hydrogens (tertiary/aromatic N) is 1. The number of anilines is 2. The van der Waals surface area contributed by atoms with Crippen LogP contribution in [0.15, 0.2) is 51.7 Å². The summed E-state index contributed by atoms with van der Waals surface area (Å²) in [6.45, 7) is 1.86. The molecule has 0 bridgehead atoms. The monoisotopic (exact) mass is 438 g/mol. The maximum atomic E-state index is 12.7. The van der Waals surface area contributed by atoms with Gasteiger partial charge in [0.05, 0.1) is 20.3 Å². The molecule has 1 amide bonds. The zero-order valence-corrected chi connectivity index (χ0v) is 18.3. The Hall–Kier alpha value is -3.52. The summed E-state index contributed by atoms with van der Waals surface area (Å²) in [6, 6.07) is 11.9. The number of nitrogens with one attached hydrogen (secondary N) is 1. The highest BCUT2D eigenvalue weighted by Gasteiger charge is 2.20. The van der Waals surface area contributed by atoms with Crippen LogP contribution in [0.4, 0.5) is 11.4 Å². The number of piperidine rings is 1. The quantitative estimate of drug-likeness (QED) is 0.628. The van der Waals surface area contributed by atoms with Gasteiger partial charge in [0.2, 0.25) is 0 Å². The fraction of sp³-hybridized carbons (Fsp3) is 0.333. The molecule has 168 valence electrons. The number of hydrogen-bond acceptors (Lipinski definition) is 7. The second kappa shape index (κ2) is 9.32. The van der Waals surface area contributed by atoms with Crippen molar-refractivity contribution in [2.75, 3.05) is 44.6 Å². The van der Waals surface area contributed by atoms with Gasteiger partial charge in [-0.25, -0.2) is 0 Å². The maximum Gasteiger partial charge on any atom is 0.291 e. The molecule has 2 aromatic carbocycles. The van der Waals surface area contributed by atoms with Gasteiger partial charge < -0.3 is 28.8 Å². The molecule has 1 aliphatic rings. The van der Waals surface area contributed by atoms with Gasteiger partial charge in [-0.15, -0.1) is 0 Å². The fourth-order valence-corrected chi connectivity index (χ4v) is 3.92. The van der Waals surface area contributed by atoms with E-state index in [2.05, 4.69) is 10.2 Å². The Morgan fingerprint density at radius 1 is 1.03 bits per heavy atom. The molecule has 1 saturated heterocycles. The van der Waals surface area contributed by atoms with Gasteiger partial charge in [-0.05, 0) is 37.1 Å². The van der Waals surface area contributed by atoms with Crippen LogP contribution in [-0.2, 0) is 4.74 Å². The number of carbonyl (C=O) groups is 1. The summed E-state index contributed by atoms with van der Waals surface area (Å²) < 4.78 is 21.6. The Kier molecular flexibility index (Phi) is 6.32. The predicted octanol–water partition coefficient (Wildman–Crippen LogP) is 3.68. The molecule has 32 heavy (non-hydrogen) atoms. The van der Waals surface area contributed by atoms with E-state index < -0.39 is 5.91 Å². The molecule has 1 aromatic heterocycles. The second-order valence-electron chi connectivity index (χ2n) is 7.60. The lowest BCUT2D eigenvalue weighted by Crippen LogP contribution is -2.36. The van der Waals surface area contributed by atoms with E-state index in [1.807, 2.05) is 24.3 Å². The van der Waals surface area contributed by atoms with E-state index >= 15 is 0 Å². The molecule has 8 heteroatoms. The largest absolute Gasteiger partial charge is 0.496 e. The Morgan fingerprint density at radius 3 is 2.38 bits per heavy atom. The molecule has 0 saturated carbocycles. The van der Waals surface area contributed by atoms with Crippen LogP contribution in [0.25, 0.3) is 11.0 Å². The predicted molar refractivity (Wildman–Crippen MR) is 122 cm³/mol.